The zero-order valence-electron chi connectivity index (χ0n) is 11.9. The van der Waals surface area contributed by atoms with Gasteiger partial charge in [0, 0.05) is 22.0 Å². The molecule has 22 heavy (non-hydrogen) atoms. The molecule has 0 bridgehead atoms. The first-order valence-corrected chi connectivity index (χ1v) is 9.54. The lowest BCUT2D eigenvalue weighted by atomic mass is 10.2. The molecule has 0 unspecified atom stereocenters. The molecule has 0 aliphatic rings. The number of rotatable bonds is 7. The Balaban J connectivity index is 0.00000242. The van der Waals surface area contributed by atoms with E-state index in [1.54, 1.807) is 5.38 Å². The van der Waals surface area contributed by atoms with Crippen molar-refractivity contribution in [3.8, 4) is 10.6 Å². The summed E-state index contributed by atoms with van der Waals surface area (Å²) in [5.41, 5.74) is 0.903. The van der Waals surface area contributed by atoms with Crippen LogP contribution >= 0.6 is 39.7 Å². The van der Waals surface area contributed by atoms with Crippen LogP contribution in [0.5, 0.6) is 0 Å². The average Bonchev–Trinajstić information content (AvgIpc) is 2.95. The van der Waals surface area contributed by atoms with Crippen molar-refractivity contribution in [1.29, 1.82) is 0 Å². The second kappa shape index (κ2) is 8.95. The largest absolute Gasteiger partial charge is 0.320 e. The molecule has 0 spiro atoms. The molecule has 0 aliphatic carbocycles. The molecule has 1 aromatic carbocycles. The highest BCUT2D eigenvalue weighted by atomic mass is 79.9. The molecule has 5 nitrogen and oxygen atoms in total. The number of nitrogens with one attached hydrogen (secondary N) is 2. The van der Waals surface area contributed by atoms with Crippen LogP contribution in [0.2, 0.25) is 0 Å². The topological polar surface area (TPSA) is 71.1 Å². The van der Waals surface area contributed by atoms with E-state index < -0.39 is 10.0 Å². The highest BCUT2D eigenvalue weighted by molar-refractivity contribution is 9.10. The third-order valence-electron chi connectivity index (χ3n) is 2.75. The van der Waals surface area contributed by atoms with E-state index in [2.05, 4.69) is 31.0 Å². The number of aromatic nitrogens is 1. The molecule has 122 valence electrons. The lowest BCUT2D eigenvalue weighted by Crippen LogP contribution is -2.27. The molecule has 2 N–H and O–H groups in total. The van der Waals surface area contributed by atoms with Crippen molar-refractivity contribution in [3.63, 3.8) is 0 Å². The predicted octanol–water partition coefficient (Wildman–Crippen LogP) is 2.88. The Kier molecular flexibility index (Phi) is 7.95. The maximum Gasteiger partial charge on any atom is 0.258 e. The Morgan fingerprint density at radius 2 is 1.91 bits per heavy atom. The summed E-state index contributed by atoms with van der Waals surface area (Å²) in [5, 5.41) is 5.31. The van der Waals surface area contributed by atoms with Crippen molar-refractivity contribution < 1.29 is 8.42 Å². The summed E-state index contributed by atoms with van der Waals surface area (Å²) in [7, 11) is -1.69. The number of hydrogen-bond donors (Lipinski definition) is 2. The zero-order valence-corrected chi connectivity index (χ0v) is 15.9. The van der Waals surface area contributed by atoms with Gasteiger partial charge in [-0.2, -0.15) is 0 Å². The molecular formula is C13H17BrClN3O2S2. The van der Waals surface area contributed by atoms with Crippen molar-refractivity contribution >= 4 is 49.7 Å². The quantitative estimate of drug-likeness (QED) is 0.668. The van der Waals surface area contributed by atoms with Crippen molar-refractivity contribution in [2.24, 2.45) is 0 Å². The highest BCUT2D eigenvalue weighted by Crippen LogP contribution is 2.26. The molecule has 0 atom stereocenters. The molecule has 2 aromatic rings. The monoisotopic (exact) mass is 425 g/mol. The highest BCUT2D eigenvalue weighted by Gasteiger charge is 2.18. The van der Waals surface area contributed by atoms with E-state index in [0.717, 1.165) is 23.0 Å². The lowest BCUT2D eigenvalue weighted by Gasteiger charge is -2.03. The number of benzene rings is 1. The van der Waals surface area contributed by atoms with Crippen molar-refractivity contribution in [3.05, 3.63) is 34.1 Å². The van der Waals surface area contributed by atoms with Gasteiger partial charge in [-0.1, -0.05) is 28.1 Å². The minimum absolute atomic E-state index is 0. The summed E-state index contributed by atoms with van der Waals surface area (Å²) >= 11 is 4.69. The third-order valence-corrected chi connectivity index (χ3v) is 5.66. The predicted molar refractivity (Wildman–Crippen MR) is 96.2 cm³/mol. The number of nitrogens with zero attached hydrogens (tertiary/aromatic N) is 1. The smallest absolute Gasteiger partial charge is 0.258 e. The molecular weight excluding hydrogens is 410 g/mol. The van der Waals surface area contributed by atoms with Crippen LogP contribution in [-0.2, 0) is 10.0 Å². The van der Waals surface area contributed by atoms with Gasteiger partial charge in [-0.05, 0) is 32.1 Å². The molecule has 1 aromatic heterocycles. The van der Waals surface area contributed by atoms with Crippen LogP contribution in [0.15, 0.2) is 39.1 Å². The van der Waals surface area contributed by atoms with E-state index in [1.807, 2.05) is 31.3 Å². The Labute approximate surface area is 149 Å². The molecule has 0 amide bonds. The van der Waals surface area contributed by atoms with Gasteiger partial charge in [-0.15, -0.1) is 23.7 Å². The van der Waals surface area contributed by atoms with Gasteiger partial charge in [0.15, 0.2) is 5.03 Å². The normalized spacial score (nSPS) is 11.2. The Bertz CT molecular complexity index is 690. The van der Waals surface area contributed by atoms with Gasteiger partial charge in [0.1, 0.15) is 5.01 Å². The van der Waals surface area contributed by atoms with Crippen LogP contribution in [-0.4, -0.2) is 33.5 Å². The number of thiazole rings is 1. The fourth-order valence-electron chi connectivity index (χ4n) is 1.65. The van der Waals surface area contributed by atoms with Gasteiger partial charge in [0.25, 0.3) is 10.0 Å². The van der Waals surface area contributed by atoms with Gasteiger partial charge in [-0.25, -0.2) is 18.1 Å². The van der Waals surface area contributed by atoms with Crippen molar-refractivity contribution in [1.82, 2.24) is 15.0 Å². The van der Waals surface area contributed by atoms with E-state index >= 15 is 0 Å². The fraction of sp³-hybridized carbons (Fsp3) is 0.308. The maximum atomic E-state index is 12.1. The number of hydrogen-bond acceptors (Lipinski definition) is 5. The van der Waals surface area contributed by atoms with Gasteiger partial charge in [-0.3, -0.25) is 0 Å². The minimum atomic E-state index is -3.52. The summed E-state index contributed by atoms with van der Waals surface area (Å²) in [5.74, 6) is 0. The first-order valence-electron chi connectivity index (χ1n) is 6.38. The molecule has 1 heterocycles. The fourth-order valence-corrected chi connectivity index (χ4v) is 4.09. The van der Waals surface area contributed by atoms with E-state index in [0.29, 0.717) is 11.6 Å². The molecule has 0 saturated heterocycles. The van der Waals surface area contributed by atoms with E-state index in [-0.39, 0.29) is 17.4 Å². The molecule has 0 saturated carbocycles. The summed E-state index contributed by atoms with van der Waals surface area (Å²) in [6.45, 7) is 1.16. The Morgan fingerprint density at radius 3 is 2.55 bits per heavy atom. The minimum Gasteiger partial charge on any atom is -0.320 e. The number of halogens is 2. The van der Waals surface area contributed by atoms with Gasteiger partial charge >= 0.3 is 0 Å². The number of sulfonamides is 1. The molecule has 2 rings (SSSR count). The summed E-state index contributed by atoms with van der Waals surface area (Å²) in [4.78, 5) is 4.22. The first-order chi connectivity index (χ1) is 10.0. The second-order valence-corrected chi connectivity index (χ2v) is 7.84. The van der Waals surface area contributed by atoms with Gasteiger partial charge in [0.05, 0.1) is 0 Å². The van der Waals surface area contributed by atoms with Crippen molar-refractivity contribution in [2.75, 3.05) is 20.1 Å². The summed E-state index contributed by atoms with van der Waals surface area (Å²) in [6.07, 6.45) is 0.736. The average molecular weight is 427 g/mol. The Morgan fingerprint density at radius 1 is 1.23 bits per heavy atom. The van der Waals surface area contributed by atoms with E-state index in [4.69, 9.17) is 0 Å². The van der Waals surface area contributed by atoms with Crippen LogP contribution in [0.4, 0.5) is 0 Å². The zero-order chi connectivity index (χ0) is 15.3. The van der Waals surface area contributed by atoms with Crippen LogP contribution in [0.25, 0.3) is 10.6 Å². The summed E-state index contributed by atoms with van der Waals surface area (Å²) in [6, 6.07) is 7.61. The van der Waals surface area contributed by atoms with Crippen LogP contribution in [0.1, 0.15) is 6.42 Å². The second-order valence-electron chi connectivity index (χ2n) is 4.35. The summed E-state index contributed by atoms with van der Waals surface area (Å²) < 4.78 is 27.7. The third kappa shape index (κ3) is 5.29. The molecule has 0 aliphatic heterocycles. The van der Waals surface area contributed by atoms with Gasteiger partial charge in [0.2, 0.25) is 0 Å². The molecule has 0 radical (unpaired) electrons. The van der Waals surface area contributed by atoms with E-state index in [1.165, 1.54) is 11.3 Å². The lowest BCUT2D eigenvalue weighted by molar-refractivity contribution is 0.574. The van der Waals surface area contributed by atoms with E-state index in [9.17, 15) is 8.42 Å². The molecule has 9 heteroatoms. The van der Waals surface area contributed by atoms with Gasteiger partial charge < -0.3 is 5.32 Å². The van der Waals surface area contributed by atoms with Crippen LogP contribution < -0.4 is 10.0 Å². The van der Waals surface area contributed by atoms with Crippen LogP contribution in [0, 0.1) is 0 Å². The standard InChI is InChI=1S/C13H16BrN3O2S2.ClH/c1-15-7-2-8-16-21(18,19)12-9-20-13(17-12)10-3-5-11(14)6-4-10;/h3-6,9,15-16H,2,7-8H2,1H3;1H. The van der Waals surface area contributed by atoms with Crippen molar-refractivity contribution in [2.45, 2.75) is 11.4 Å². The van der Waals surface area contributed by atoms with Crippen LogP contribution in [0.3, 0.4) is 0 Å². The Hall–Kier alpha value is -0.510. The first kappa shape index (κ1) is 19.5. The SMILES string of the molecule is CNCCCNS(=O)(=O)c1csc(-c2ccc(Br)cc2)n1.Cl. The maximum absolute atomic E-state index is 12.1. The molecule has 0 fully saturated rings.